The molecule has 6 aromatic rings. The summed E-state index contributed by atoms with van der Waals surface area (Å²) in [4.78, 5) is 18.1. The van der Waals surface area contributed by atoms with Gasteiger partial charge >= 0.3 is 0 Å². The summed E-state index contributed by atoms with van der Waals surface area (Å²) in [5.74, 6) is 3.02. The standard InChI is InChI=1S/C21H17Cl2N3O.C21H17Cl2N3S.CH4/c2*1-13-25-12-16-4-3-5-19(26(13)16)14-6-8-18(24-2)21(10-14)27-20-9-7-15(22)11-17(20)23;/h2*6-12,19H,3-5H2,1H3;1H4. The van der Waals surface area contributed by atoms with Crippen molar-refractivity contribution in [3.05, 3.63) is 162 Å². The number of imidazole rings is 2. The molecule has 0 amide bonds. The number of benzene rings is 4. The molecular weight excluding hydrogens is 790 g/mol. The molecule has 2 aromatic heterocycles. The first-order valence-electron chi connectivity index (χ1n) is 17.5. The molecule has 2 unspecified atom stereocenters. The highest BCUT2D eigenvalue weighted by Gasteiger charge is 2.26. The quantitative estimate of drug-likeness (QED) is 0.157. The Morgan fingerprint density at radius 3 is 1.76 bits per heavy atom. The summed E-state index contributed by atoms with van der Waals surface area (Å²) in [6.45, 7) is 19.1. The molecule has 0 saturated heterocycles. The van der Waals surface area contributed by atoms with Gasteiger partial charge in [0.15, 0.2) is 0 Å². The van der Waals surface area contributed by atoms with E-state index in [9.17, 15) is 0 Å². The summed E-state index contributed by atoms with van der Waals surface area (Å²) < 4.78 is 10.6. The summed E-state index contributed by atoms with van der Waals surface area (Å²) in [5, 5.41) is 2.15. The molecule has 0 fully saturated rings. The normalized spacial score (nSPS) is 15.6. The second-order valence-electron chi connectivity index (χ2n) is 13.2. The Hall–Kier alpha value is -4.41. The molecule has 4 heterocycles. The van der Waals surface area contributed by atoms with E-state index in [4.69, 9.17) is 64.3 Å². The third-order valence-electron chi connectivity index (χ3n) is 9.77. The maximum atomic E-state index is 7.52. The van der Waals surface area contributed by atoms with Gasteiger partial charge in [-0.3, -0.25) is 0 Å². The van der Waals surface area contributed by atoms with Crippen molar-refractivity contribution in [2.24, 2.45) is 0 Å². The topological polar surface area (TPSA) is 53.6 Å². The predicted molar refractivity (Wildman–Crippen MR) is 225 cm³/mol. The summed E-state index contributed by atoms with van der Waals surface area (Å²) in [7, 11) is 0. The molecule has 7 nitrogen and oxygen atoms in total. The zero-order valence-electron chi connectivity index (χ0n) is 29.5. The number of fused-ring (bicyclic) bond motifs is 2. The van der Waals surface area contributed by atoms with Crippen LogP contribution in [0.3, 0.4) is 0 Å². The van der Waals surface area contributed by atoms with Crippen molar-refractivity contribution < 1.29 is 4.74 Å². The zero-order valence-corrected chi connectivity index (χ0v) is 33.3. The molecule has 2 aliphatic rings. The Bertz CT molecular complexity index is 2280. The smallest absolute Gasteiger partial charge is 0.228 e. The first kappa shape index (κ1) is 40.3. The lowest BCUT2D eigenvalue weighted by Gasteiger charge is -2.28. The first-order chi connectivity index (χ1) is 26.1. The maximum Gasteiger partial charge on any atom is 0.228 e. The highest BCUT2D eigenvalue weighted by atomic mass is 35.5. The van der Waals surface area contributed by atoms with Crippen molar-refractivity contribution in [2.45, 2.75) is 81.7 Å². The SMILES string of the molecule is C.[C-]#[N+]c1ccc(C2CCCc3cnc(C)n32)cc1Oc1ccc(Cl)cc1Cl.[C-]#[N+]c1ccc(C2CCCc3cnc(C)n32)cc1Sc1ccc(Cl)cc1Cl. The van der Waals surface area contributed by atoms with Gasteiger partial charge in [0.2, 0.25) is 11.4 Å². The lowest BCUT2D eigenvalue weighted by atomic mass is 9.95. The molecule has 2 aliphatic heterocycles. The van der Waals surface area contributed by atoms with Gasteiger partial charge in [-0.15, -0.1) is 11.8 Å². The number of hydrogen-bond acceptors (Lipinski definition) is 4. The highest BCUT2D eigenvalue weighted by Crippen LogP contribution is 2.43. The molecular formula is C43H38Cl4N6OS. The van der Waals surface area contributed by atoms with E-state index in [-0.39, 0.29) is 19.5 Å². The van der Waals surface area contributed by atoms with Crippen LogP contribution in [0.4, 0.5) is 11.4 Å². The largest absolute Gasteiger partial charge is 0.467 e. The van der Waals surface area contributed by atoms with Crippen LogP contribution < -0.4 is 4.74 Å². The van der Waals surface area contributed by atoms with Crippen LogP contribution in [-0.2, 0) is 12.8 Å². The van der Waals surface area contributed by atoms with Crippen molar-refractivity contribution in [1.29, 1.82) is 0 Å². The van der Waals surface area contributed by atoms with Crippen molar-refractivity contribution in [1.82, 2.24) is 19.1 Å². The summed E-state index contributed by atoms with van der Waals surface area (Å²) >= 11 is 26.1. The zero-order chi connectivity index (χ0) is 37.9. The van der Waals surface area contributed by atoms with Gasteiger partial charge in [0, 0.05) is 43.6 Å². The van der Waals surface area contributed by atoms with Gasteiger partial charge in [0.25, 0.3) is 0 Å². The van der Waals surface area contributed by atoms with Crippen LogP contribution >= 0.6 is 58.2 Å². The van der Waals surface area contributed by atoms with Crippen molar-refractivity contribution in [2.75, 3.05) is 0 Å². The van der Waals surface area contributed by atoms with E-state index < -0.39 is 0 Å². The van der Waals surface area contributed by atoms with Gasteiger partial charge in [-0.05, 0) is 106 Å². The maximum absolute atomic E-state index is 7.52. The number of nitrogens with zero attached hydrogens (tertiary/aromatic N) is 6. The predicted octanol–water partition coefficient (Wildman–Crippen LogP) is 14.5. The van der Waals surface area contributed by atoms with E-state index in [2.05, 4.69) is 47.8 Å². The van der Waals surface area contributed by atoms with Crippen LogP contribution in [0.5, 0.6) is 11.5 Å². The molecule has 8 rings (SSSR count). The van der Waals surface area contributed by atoms with E-state index in [1.807, 2.05) is 55.7 Å². The molecule has 12 heteroatoms. The molecule has 55 heavy (non-hydrogen) atoms. The molecule has 280 valence electrons. The van der Waals surface area contributed by atoms with Crippen LogP contribution in [0.15, 0.2) is 95.0 Å². The minimum Gasteiger partial charge on any atom is -0.467 e. The van der Waals surface area contributed by atoms with Gasteiger partial charge in [-0.2, -0.15) is 0 Å². The first-order valence-corrected chi connectivity index (χ1v) is 19.8. The monoisotopic (exact) mass is 826 g/mol. The second-order valence-corrected chi connectivity index (χ2v) is 16.0. The number of hydrogen-bond donors (Lipinski definition) is 0. The van der Waals surface area contributed by atoms with Gasteiger partial charge in [0.05, 0.1) is 35.3 Å². The minimum atomic E-state index is 0. The number of aromatic nitrogens is 4. The van der Waals surface area contributed by atoms with Gasteiger partial charge in [-0.1, -0.05) is 84.2 Å². The molecule has 0 N–H and O–H groups in total. The molecule has 4 aromatic carbocycles. The fourth-order valence-corrected chi connectivity index (χ4v) is 9.16. The summed E-state index contributed by atoms with van der Waals surface area (Å²) in [6.07, 6.45) is 10.4. The van der Waals surface area contributed by atoms with Gasteiger partial charge in [-0.25, -0.2) is 19.7 Å². The fourth-order valence-electron chi connectivity index (χ4n) is 7.24. The average molecular weight is 829 g/mol. The Balaban J connectivity index is 0.000000184. The molecule has 0 saturated carbocycles. The lowest BCUT2D eigenvalue weighted by molar-refractivity contribution is 0.444. The van der Waals surface area contributed by atoms with Crippen LogP contribution in [0, 0.1) is 27.0 Å². The van der Waals surface area contributed by atoms with Crippen LogP contribution in [0.25, 0.3) is 9.69 Å². The highest BCUT2D eigenvalue weighted by molar-refractivity contribution is 7.99. The van der Waals surface area contributed by atoms with E-state index >= 15 is 0 Å². The fraction of sp³-hybridized carbons (Fsp3) is 0.256. The summed E-state index contributed by atoms with van der Waals surface area (Å²) in [6, 6.07) is 22.8. The van der Waals surface area contributed by atoms with E-state index in [0.29, 0.717) is 43.0 Å². The molecule has 0 spiro atoms. The molecule has 0 radical (unpaired) electrons. The average Bonchev–Trinajstić information content (AvgIpc) is 3.76. The Labute approximate surface area is 346 Å². The number of ether oxygens (including phenoxy) is 1. The summed E-state index contributed by atoms with van der Waals surface area (Å²) in [5.41, 5.74) is 5.92. The lowest BCUT2D eigenvalue weighted by Crippen LogP contribution is -2.19. The van der Waals surface area contributed by atoms with Crippen LogP contribution in [0.2, 0.25) is 20.1 Å². The second kappa shape index (κ2) is 17.6. The Kier molecular flexibility index (Phi) is 12.9. The van der Waals surface area contributed by atoms with E-state index in [1.54, 1.807) is 24.3 Å². The molecule has 0 bridgehead atoms. The van der Waals surface area contributed by atoms with Crippen molar-refractivity contribution in [3.8, 4) is 11.5 Å². The van der Waals surface area contributed by atoms with Crippen LogP contribution in [0.1, 0.15) is 79.4 Å². The number of aryl methyl sites for hydroxylation is 4. The Morgan fingerprint density at radius 2 is 1.20 bits per heavy atom. The minimum absolute atomic E-state index is 0. The third kappa shape index (κ3) is 8.70. The van der Waals surface area contributed by atoms with Crippen molar-refractivity contribution in [3.63, 3.8) is 0 Å². The van der Waals surface area contributed by atoms with Crippen molar-refractivity contribution >= 4 is 69.5 Å². The van der Waals surface area contributed by atoms with E-state index in [0.717, 1.165) is 65.5 Å². The molecule has 0 aliphatic carbocycles. The van der Waals surface area contributed by atoms with Gasteiger partial charge < -0.3 is 13.9 Å². The number of halogens is 4. The van der Waals surface area contributed by atoms with E-state index in [1.165, 1.54) is 28.7 Å². The third-order valence-corrected chi connectivity index (χ3v) is 12.1. The molecule has 2 atom stereocenters. The van der Waals surface area contributed by atoms with Gasteiger partial charge in [0.1, 0.15) is 23.1 Å². The Morgan fingerprint density at radius 1 is 0.655 bits per heavy atom. The van der Waals surface area contributed by atoms with Crippen LogP contribution in [-0.4, -0.2) is 19.1 Å². The number of rotatable bonds is 6.